The van der Waals surface area contributed by atoms with Crippen molar-refractivity contribution in [1.29, 1.82) is 0 Å². The Labute approximate surface area is 102 Å². The van der Waals surface area contributed by atoms with Gasteiger partial charge in [-0.25, -0.2) is 0 Å². The predicted octanol–water partition coefficient (Wildman–Crippen LogP) is 2.86. The van der Waals surface area contributed by atoms with Crippen LogP contribution in [0.5, 0.6) is 11.5 Å². The van der Waals surface area contributed by atoms with Crippen molar-refractivity contribution in [2.45, 2.75) is 20.4 Å². The first-order valence-corrected chi connectivity index (χ1v) is 5.80. The Hall–Kier alpha value is -0.930. The van der Waals surface area contributed by atoms with Crippen LogP contribution in [0.15, 0.2) is 12.1 Å². The number of benzene rings is 1. The largest absolute Gasteiger partial charge is 0.493 e. The Morgan fingerprint density at radius 2 is 2.00 bits per heavy atom. The molecule has 16 heavy (non-hydrogen) atoms. The van der Waals surface area contributed by atoms with Crippen LogP contribution in [-0.2, 0) is 6.54 Å². The first kappa shape index (κ1) is 13.1. The minimum absolute atomic E-state index is 0.596. The van der Waals surface area contributed by atoms with Crippen LogP contribution in [0, 0.1) is 0 Å². The summed E-state index contributed by atoms with van der Waals surface area (Å²) in [4.78, 5) is 0. The van der Waals surface area contributed by atoms with E-state index in [0.717, 1.165) is 24.4 Å². The van der Waals surface area contributed by atoms with Crippen molar-refractivity contribution in [3.63, 3.8) is 0 Å². The van der Waals surface area contributed by atoms with Gasteiger partial charge in [-0.05, 0) is 25.1 Å². The number of ether oxygens (including phenoxy) is 2. The van der Waals surface area contributed by atoms with E-state index < -0.39 is 0 Å². The molecule has 0 fully saturated rings. The molecule has 0 amide bonds. The number of hydrogen-bond acceptors (Lipinski definition) is 3. The van der Waals surface area contributed by atoms with Crippen molar-refractivity contribution in [3.05, 3.63) is 22.7 Å². The van der Waals surface area contributed by atoms with Gasteiger partial charge in [-0.15, -0.1) is 0 Å². The highest BCUT2D eigenvalue weighted by atomic mass is 35.5. The number of rotatable bonds is 6. The van der Waals surface area contributed by atoms with Crippen molar-refractivity contribution in [2.24, 2.45) is 0 Å². The lowest BCUT2D eigenvalue weighted by Crippen LogP contribution is -2.12. The molecule has 4 heteroatoms. The SMILES string of the molecule is CCNCc1cc(OC)c(OCC)cc1Cl. The summed E-state index contributed by atoms with van der Waals surface area (Å²) in [5, 5.41) is 3.93. The molecule has 0 saturated heterocycles. The monoisotopic (exact) mass is 243 g/mol. The van der Waals surface area contributed by atoms with Gasteiger partial charge in [-0.2, -0.15) is 0 Å². The Morgan fingerprint density at radius 1 is 1.25 bits per heavy atom. The Balaban J connectivity index is 2.95. The zero-order chi connectivity index (χ0) is 12.0. The topological polar surface area (TPSA) is 30.5 Å². The first-order chi connectivity index (χ1) is 7.72. The van der Waals surface area contributed by atoms with Crippen LogP contribution < -0.4 is 14.8 Å². The maximum Gasteiger partial charge on any atom is 0.162 e. The van der Waals surface area contributed by atoms with Crippen LogP contribution >= 0.6 is 11.6 Å². The van der Waals surface area contributed by atoms with Crippen LogP contribution in [0.4, 0.5) is 0 Å². The van der Waals surface area contributed by atoms with E-state index in [1.165, 1.54) is 0 Å². The van der Waals surface area contributed by atoms with Gasteiger partial charge in [0, 0.05) is 17.6 Å². The zero-order valence-electron chi connectivity index (χ0n) is 9.97. The number of nitrogens with one attached hydrogen (secondary N) is 1. The van der Waals surface area contributed by atoms with E-state index in [9.17, 15) is 0 Å². The standard InChI is InChI=1S/C12H18ClNO2/c1-4-14-8-9-6-11(15-3)12(16-5-2)7-10(9)13/h6-7,14H,4-5,8H2,1-3H3. The van der Waals surface area contributed by atoms with Crippen LogP contribution in [0.2, 0.25) is 5.02 Å². The lowest BCUT2D eigenvalue weighted by atomic mass is 10.2. The third-order valence-electron chi connectivity index (χ3n) is 2.20. The van der Waals surface area contributed by atoms with Gasteiger partial charge in [0.15, 0.2) is 11.5 Å². The third kappa shape index (κ3) is 3.29. The van der Waals surface area contributed by atoms with Gasteiger partial charge in [0.1, 0.15) is 0 Å². The van der Waals surface area contributed by atoms with Crippen LogP contribution in [0.25, 0.3) is 0 Å². The second-order valence-corrected chi connectivity index (χ2v) is 3.72. The predicted molar refractivity (Wildman–Crippen MR) is 66.6 cm³/mol. The molecule has 90 valence electrons. The van der Waals surface area contributed by atoms with E-state index in [1.807, 2.05) is 13.0 Å². The fourth-order valence-corrected chi connectivity index (χ4v) is 1.62. The normalized spacial score (nSPS) is 10.2. The molecule has 1 rings (SSSR count). The molecule has 0 saturated carbocycles. The smallest absolute Gasteiger partial charge is 0.162 e. The molecule has 0 bridgehead atoms. The second kappa shape index (κ2) is 6.61. The number of hydrogen-bond donors (Lipinski definition) is 1. The Morgan fingerprint density at radius 3 is 2.56 bits per heavy atom. The molecule has 0 unspecified atom stereocenters. The molecule has 0 aromatic heterocycles. The summed E-state index contributed by atoms with van der Waals surface area (Å²) in [6, 6.07) is 3.71. The molecule has 0 aliphatic carbocycles. The maximum absolute atomic E-state index is 6.15. The molecule has 1 N–H and O–H groups in total. The summed E-state index contributed by atoms with van der Waals surface area (Å²) >= 11 is 6.15. The molecule has 0 radical (unpaired) electrons. The molecule has 0 atom stereocenters. The number of methoxy groups -OCH3 is 1. The minimum atomic E-state index is 0.596. The van der Waals surface area contributed by atoms with Gasteiger partial charge in [-0.1, -0.05) is 18.5 Å². The lowest BCUT2D eigenvalue weighted by molar-refractivity contribution is 0.310. The van der Waals surface area contributed by atoms with Crippen molar-refractivity contribution < 1.29 is 9.47 Å². The quantitative estimate of drug-likeness (QED) is 0.834. The molecular formula is C12H18ClNO2. The molecule has 0 heterocycles. The Kier molecular flexibility index (Phi) is 5.43. The van der Waals surface area contributed by atoms with Gasteiger partial charge in [0.2, 0.25) is 0 Å². The van der Waals surface area contributed by atoms with E-state index in [4.69, 9.17) is 21.1 Å². The number of halogens is 1. The summed E-state index contributed by atoms with van der Waals surface area (Å²) in [6.07, 6.45) is 0. The molecule has 1 aromatic rings. The van der Waals surface area contributed by atoms with Crippen LogP contribution in [-0.4, -0.2) is 20.3 Å². The highest BCUT2D eigenvalue weighted by molar-refractivity contribution is 6.31. The van der Waals surface area contributed by atoms with Gasteiger partial charge >= 0.3 is 0 Å². The first-order valence-electron chi connectivity index (χ1n) is 5.42. The van der Waals surface area contributed by atoms with E-state index in [0.29, 0.717) is 17.4 Å². The molecular weight excluding hydrogens is 226 g/mol. The average molecular weight is 244 g/mol. The van der Waals surface area contributed by atoms with Crippen molar-refractivity contribution in [2.75, 3.05) is 20.3 Å². The summed E-state index contributed by atoms with van der Waals surface area (Å²) in [7, 11) is 1.63. The van der Waals surface area contributed by atoms with Gasteiger partial charge < -0.3 is 14.8 Å². The van der Waals surface area contributed by atoms with Gasteiger partial charge in [0.25, 0.3) is 0 Å². The van der Waals surface area contributed by atoms with Crippen molar-refractivity contribution in [3.8, 4) is 11.5 Å². The van der Waals surface area contributed by atoms with Crippen LogP contribution in [0.1, 0.15) is 19.4 Å². The summed E-state index contributed by atoms with van der Waals surface area (Å²) < 4.78 is 10.7. The lowest BCUT2D eigenvalue weighted by Gasteiger charge is -2.13. The fourth-order valence-electron chi connectivity index (χ4n) is 1.40. The highest BCUT2D eigenvalue weighted by Crippen LogP contribution is 2.33. The van der Waals surface area contributed by atoms with E-state index in [2.05, 4.69) is 12.2 Å². The summed E-state index contributed by atoms with van der Waals surface area (Å²) in [6.45, 7) is 6.22. The van der Waals surface area contributed by atoms with E-state index >= 15 is 0 Å². The molecule has 0 aliphatic rings. The maximum atomic E-state index is 6.15. The Bertz CT molecular complexity index is 342. The van der Waals surface area contributed by atoms with E-state index in [-0.39, 0.29) is 0 Å². The molecule has 1 aromatic carbocycles. The fraction of sp³-hybridized carbons (Fsp3) is 0.500. The summed E-state index contributed by atoms with van der Waals surface area (Å²) in [5.41, 5.74) is 1.02. The zero-order valence-corrected chi connectivity index (χ0v) is 10.7. The highest BCUT2D eigenvalue weighted by Gasteiger charge is 2.09. The second-order valence-electron chi connectivity index (χ2n) is 3.31. The van der Waals surface area contributed by atoms with Gasteiger partial charge in [-0.3, -0.25) is 0 Å². The van der Waals surface area contributed by atoms with Crippen molar-refractivity contribution >= 4 is 11.6 Å². The van der Waals surface area contributed by atoms with Crippen molar-refractivity contribution in [1.82, 2.24) is 5.32 Å². The summed E-state index contributed by atoms with van der Waals surface area (Å²) in [5.74, 6) is 1.41. The molecule has 3 nitrogen and oxygen atoms in total. The third-order valence-corrected chi connectivity index (χ3v) is 2.55. The van der Waals surface area contributed by atoms with Crippen LogP contribution in [0.3, 0.4) is 0 Å². The van der Waals surface area contributed by atoms with Gasteiger partial charge in [0.05, 0.1) is 13.7 Å². The minimum Gasteiger partial charge on any atom is -0.493 e. The van der Waals surface area contributed by atoms with E-state index in [1.54, 1.807) is 13.2 Å². The molecule has 0 aliphatic heterocycles. The average Bonchev–Trinajstić information content (AvgIpc) is 2.28. The molecule has 0 spiro atoms.